The highest BCUT2D eigenvalue weighted by Gasteiger charge is 2.52. The zero-order valence-corrected chi connectivity index (χ0v) is 13.9. The van der Waals surface area contributed by atoms with Gasteiger partial charge in [-0.2, -0.15) is 0 Å². The van der Waals surface area contributed by atoms with E-state index in [0.29, 0.717) is 0 Å². The summed E-state index contributed by atoms with van der Waals surface area (Å²) in [7, 11) is 2.32. The van der Waals surface area contributed by atoms with Gasteiger partial charge in [-0.05, 0) is 0 Å². The van der Waals surface area contributed by atoms with Crippen molar-refractivity contribution in [1.29, 1.82) is 0 Å². The summed E-state index contributed by atoms with van der Waals surface area (Å²) in [6.45, 7) is 0. The van der Waals surface area contributed by atoms with Crippen LogP contribution in [-0.4, -0.2) is 113 Å². The molecular weight excluding hydrogens is 360 g/mol. The minimum Gasteiger partial charge on any atom is -0.479 e. The van der Waals surface area contributed by atoms with E-state index >= 15 is 0 Å². The Morgan fingerprint density at radius 1 is 0.885 bits per heavy atom. The van der Waals surface area contributed by atoms with Crippen LogP contribution in [0.5, 0.6) is 0 Å². The average molecular weight is 382 g/mol. The molecule has 5 N–H and O–H groups in total. The number of aliphatic hydroxyl groups excluding tert-OH is 4. The molecule has 0 amide bonds. The summed E-state index contributed by atoms with van der Waals surface area (Å²) in [5, 5.41) is 49.4. The second-order valence-electron chi connectivity index (χ2n) is 5.87. The Kier molecular flexibility index (Phi) is 7.01. The van der Waals surface area contributed by atoms with E-state index in [4.69, 9.17) is 23.7 Å². The molecule has 0 aromatic rings. The molecule has 26 heavy (non-hydrogen) atoms. The Bertz CT molecular complexity index is 500. The number of aliphatic carboxylic acids is 1. The van der Waals surface area contributed by atoms with Crippen molar-refractivity contribution in [2.45, 2.75) is 61.4 Å². The third-order valence-corrected chi connectivity index (χ3v) is 4.30. The quantitative estimate of drug-likeness (QED) is 0.283. The molecule has 4 unspecified atom stereocenters. The molecular formula is C14H22O12. The van der Waals surface area contributed by atoms with Gasteiger partial charge in [0, 0.05) is 14.2 Å². The Morgan fingerprint density at radius 2 is 1.46 bits per heavy atom. The van der Waals surface area contributed by atoms with E-state index in [0.717, 1.165) is 7.11 Å². The van der Waals surface area contributed by atoms with E-state index in [1.54, 1.807) is 0 Å². The van der Waals surface area contributed by atoms with Gasteiger partial charge in [-0.25, -0.2) is 4.79 Å². The van der Waals surface area contributed by atoms with E-state index < -0.39 is 67.4 Å². The molecule has 12 nitrogen and oxygen atoms in total. The maximum Gasteiger partial charge on any atom is 0.335 e. The van der Waals surface area contributed by atoms with Crippen LogP contribution in [0.1, 0.15) is 0 Å². The summed E-state index contributed by atoms with van der Waals surface area (Å²) in [6, 6.07) is 0. The van der Waals surface area contributed by atoms with Crippen LogP contribution in [0.4, 0.5) is 0 Å². The van der Waals surface area contributed by atoms with Crippen molar-refractivity contribution >= 4 is 12.3 Å². The summed E-state index contributed by atoms with van der Waals surface area (Å²) in [6.07, 6.45) is -15.5. The predicted octanol–water partition coefficient (Wildman–Crippen LogP) is -3.79. The number of hydrogen-bond donors (Lipinski definition) is 5. The highest BCUT2D eigenvalue weighted by molar-refractivity contribution is 5.73. The summed E-state index contributed by atoms with van der Waals surface area (Å²) >= 11 is 0. The van der Waals surface area contributed by atoms with Crippen LogP contribution in [0.15, 0.2) is 0 Å². The van der Waals surface area contributed by atoms with Gasteiger partial charge in [-0.3, -0.25) is 0 Å². The predicted molar refractivity (Wildman–Crippen MR) is 77.7 cm³/mol. The first kappa shape index (κ1) is 21.1. The van der Waals surface area contributed by atoms with Gasteiger partial charge >= 0.3 is 5.97 Å². The second-order valence-corrected chi connectivity index (χ2v) is 5.87. The van der Waals surface area contributed by atoms with Crippen molar-refractivity contribution in [2.24, 2.45) is 0 Å². The van der Waals surface area contributed by atoms with Gasteiger partial charge in [0.2, 0.25) is 0 Å². The number of carboxylic acids is 1. The van der Waals surface area contributed by atoms with Crippen molar-refractivity contribution in [3.63, 3.8) is 0 Å². The lowest BCUT2D eigenvalue weighted by molar-refractivity contribution is -0.346. The number of aliphatic hydroxyl groups is 4. The van der Waals surface area contributed by atoms with E-state index in [1.807, 2.05) is 0 Å². The smallest absolute Gasteiger partial charge is 0.335 e. The molecule has 0 aromatic heterocycles. The molecule has 2 aliphatic rings. The van der Waals surface area contributed by atoms with Crippen LogP contribution in [0.25, 0.3) is 0 Å². The zero-order chi connectivity index (χ0) is 19.6. The van der Waals surface area contributed by atoms with Gasteiger partial charge in [0.05, 0.1) is 0 Å². The Balaban J connectivity index is 2.19. The van der Waals surface area contributed by atoms with Gasteiger partial charge in [0.15, 0.2) is 25.0 Å². The zero-order valence-electron chi connectivity index (χ0n) is 13.9. The molecule has 2 heterocycles. The number of carbonyl (C=O) groups excluding carboxylic acids is 1. The number of hydrogen-bond acceptors (Lipinski definition) is 11. The van der Waals surface area contributed by atoms with Crippen LogP contribution in [-0.2, 0) is 33.3 Å². The normalized spacial score (nSPS) is 46.7. The maximum absolute atomic E-state index is 11.3. The molecule has 0 spiro atoms. The highest BCUT2D eigenvalue weighted by atomic mass is 16.7. The number of methoxy groups -OCH3 is 2. The van der Waals surface area contributed by atoms with Gasteiger partial charge in [-0.1, -0.05) is 0 Å². The largest absolute Gasteiger partial charge is 0.479 e. The van der Waals surface area contributed by atoms with Gasteiger partial charge in [0.1, 0.15) is 42.7 Å². The average Bonchev–Trinajstić information content (AvgIpc) is 2.62. The molecule has 2 rings (SSSR count). The number of carboxylic acid groups (broad SMARTS) is 1. The van der Waals surface area contributed by atoms with Crippen molar-refractivity contribution < 1.29 is 58.8 Å². The van der Waals surface area contributed by atoms with Crippen LogP contribution < -0.4 is 0 Å². The van der Waals surface area contributed by atoms with Crippen molar-refractivity contribution in [1.82, 2.24) is 0 Å². The Hall–Kier alpha value is -1.22. The lowest BCUT2D eigenvalue weighted by Crippen LogP contribution is -2.65. The van der Waals surface area contributed by atoms with Gasteiger partial charge in [0.25, 0.3) is 0 Å². The minimum atomic E-state index is -1.76. The molecule has 12 heteroatoms. The summed E-state index contributed by atoms with van der Waals surface area (Å²) < 4.78 is 25.2. The molecule has 0 saturated carbocycles. The van der Waals surface area contributed by atoms with Crippen LogP contribution in [0, 0.1) is 0 Å². The molecule has 0 bridgehead atoms. The third kappa shape index (κ3) is 3.88. The Labute approximate surface area is 147 Å². The summed E-state index contributed by atoms with van der Waals surface area (Å²) in [5.41, 5.74) is 0. The number of aldehydes is 1. The number of carbonyl (C=O) groups is 2. The van der Waals surface area contributed by atoms with Crippen molar-refractivity contribution in [3.05, 3.63) is 0 Å². The van der Waals surface area contributed by atoms with Crippen LogP contribution in [0.3, 0.4) is 0 Å². The first-order valence-corrected chi connectivity index (χ1v) is 7.69. The summed E-state index contributed by atoms with van der Waals surface area (Å²) in [4.78, 5) is 22.5. The second kappa shape index (κ2) is 8.65. The fourth-order valence-corrected chi connectivity index (χ4v) is 2.89. The molecule has 150 valence electrons. The first-order valence-electron chi connectivity index (χ1n) is 7.69. The number of rotatable bonds is 6. The van der Waals surface area contributed by atoms with Gasteiger partial charge < -0.3 is 54.0 Å². The fraction of sp³-hybridized carbons (Fsp3) is 0.857. The maximum atomic E-state index is 11.3. The molecule has 2 aliphatic heterocycles. The monoisotopic (exact) mass is 382 g/mol. The third-order valence-electron chi connectivity index (χ3n) is 4.30. The lowest BCUT2D eigenvalue weighted by Gasteiger charge is -2.45. The fourth-order valence-electron chi connectivity index (χ4n) is 2.89. The standard InChI is InChI=1S/C14H22O12/c1-22-10-6(17)8(19)14(26-11(10)12(20)21)25-9-4(3-15)24-13(23-2)7(18)5(9)16/h3-11,13-14,16-19H,1-2H3,(H,20,21)/t4?,5-,6-,7?,8?,9-,10+,11?,13-,14-/m1/s1. The molecule has 2 saturated heterocycles. The van der Waals surface area contributed by atoms with Crippen LogP contribution in [0.2, 0.25) is 0 Å². The minimum absolute atomic E-state index is 0.282. The molecule has 0 aromatic carbocycles. The van der Waals surface area contributed by atoms with E-state index in [9.17, 15) is 35.1 Å². The Morgan fingerprint density at radius 3 is 1.96 bits per heavy atom. The topological polar surface area (TPSA) is 181 Å². The first-order chi connectivity index (χ1) is 12.3. The summed E-state index contributed by atoms with van der Waals surface area (Å²) in [5.74, 6) is -1.48. The molecule has 2 fully saturated rings. The van der Waals surface area contributed by atoms with E-state index in [-0.39, 0.29) is 6.29 Å². The lowest BCUT2D eigenvalue weighted by atomic mass is 9.97. The number of ether oxygens (including phenoxy) is 5. The van der Waals surface area contributed by atoms with Gasteiger partial charge in [-0.15, -0.1) is 0 Å². The molecule has 0 aliphatic carbocycles. The molecule has 10 atom stereocenters. The van der Waals surface area contributed by atoms with Crippen molar-refractivity contribution in [3.8, 4) is 0 Å². The van der Waals surface area contributed by atoms with E-state index in [2.05, 4.69) is 0 Å². The van der Waals surface area contributed by atoms with E-state index in [1.165, 1.54) is 7.11 Å². The van der Waals surface area contributed by atoms with Crippen molar-refractivity contribution in [2.75, 3.05) is 14.2 Å². The SMILES string of the molecule is CO[C@@H]1OC(C=O)[C@@H](O[C@@H]2OC(C(=O)O)[C@@H](OC)[C@H](O)C2O)[C@H](O)C1O. The molecule has 0 radical (unpaired) electrons. The van der Waals surface area contributed by atoms with Crippen LogP contribution >= 0.6 is 0 Å². The highest BCUT2D eigenvalue weighted by Crippen LogP contribution is 2.29.